The van der Waals surface area contributed by atoms with Gasteiger partial charge in [-0.05, 0) is 23.8 Å². The van der Waals surface area contributed by atoms with Crippen LogP contribution in [0.5, 0.6) is 11.5 Å². The molecule has 2 aromatic rings. The van der Waals surface area contributed by atoms with E-state index in [1.807, 2.05) is 0 Å². The Kier molecular flexibility index (Phi) is 5.10. The summed E-state index contributed by atoms with van der Waals surface area (Å²) in [6.07, 6.45) is 0. The van der Waals surface area contributed by atoms with Crippen LogP contribution in [-0.2, 0) is 5.88 Å². The summed E-state index contributed by atoms with van der Waals surface area (Å²) in [4.78, 5) is 0. The van der Waals surface area contributed by atoms with Crippen molar-refractivity contribution < 1.29 is 4.74 Å². The predicted molar refractivity (Wildman–Crippen MR) is 82.6 cm³/mol. The maximum Gasteiger partial charge on any atom is 0.147 e. The van der Waals surface area contributed by atoms with Crippen LogP contribution in [0.2, 0.25) is 20.1 Å². The van der Waals surface area contributed by atoms with Gasteiger partial charge in [-0.25, -0.2) is 0 Å². The van der Waals surface area contributed by atoms with Crippen LogP contribution < -0.4 is 4.74 Å². The molecular weight excluding hydrogens is 349 g/mol. The average Bonchev–Trinajstić information content (AvgIpc) is 2.36. The highest BCUT2D eigenvalue weighted by atomic mass is 35.5. The average molecular weight is 356 g/mol. The molecule has 2 aromatic carbocycles. The van der Waals surface area contributed by atoms with E-state index < -0.39 is 0 Å². The van der Waals surface area contributed by atoms with Crippen molar-refractivity contribution in [1.29, 1.82) is 0 Å². The van der Waals surface area contributed by atoms with Gasteiger partial charge in [0.1, 0.15) is 11.5 Å². The maximum absolute atomic E-state index is 6.05. The molecule has 0 atom stereocenters. The second-order valence-electron chi connectivity index (χ2n) is 3.69. The zero-order valence-electron chi connectivity index (χ0n) is 9.39. The Bertz CT molecular complexity index is 612. The van der Waals surface area contributed by atoms with Crippen LogP contribution in [-0.4, -0.2) is 0 Å². The second-order valence-corrected chi connectivity index (χ2v) is 5.58. The molecule has 0 aliphatic carbocycles. The molecule has 0 amide bonds. The smallest absolute Gasteiger partial charge is 0.147 e. The first-order chi connectivity index (χ1) is 9.01. The number of alkyl halides is 1. The third-order valence-corrected chi connectivity index (χ3v) is 4.03. The zero-order chi connectivity index (χ0) is 14.0. The summed E-state index contributed by atoms with van der Waals surface area (Å²) < 4.78 is 5.62. The van der Waals surface area contributed by atoms with Gasteiger partial charge in [-0.1, -0.05) is 52.5 Å². The van der Waals surface area contributed by atoms with Crippen LogP contribution in [0.3, 0.4) is 0 Å². The second kappa shape index (κ2) is 6.43. The van der Waals surface area contributed by atoms with Gasteiger partial charge in [0.15, 0.2) is 0 Å². The third kappa shape index (κ3) is 3.62. The number of benzene rings is 2. The lowest BCUT2D eigenvalue weighted by molar-refractivity contribution is 0.483. The summed E-state index contributed by atoms with van der Waals surface area (Å²) >= 11 is 29.6. The molecule has 1 nitrogen and oxygen atoms in total. The molecule has 0 radical (unpaired) electrons. The van der Waals surface area contributed by atoms with Gasteiger partial charge in [0.25, 0.3) is 0 Å². The highest BCUT2D eigenvalue weighted by Crippen LogP contribution is 2.37. The van der Waals surface area contributed by atoms with Crippen LogP contribution in [0.1, 0.15) is 5.56 Å². The molecule has 0 saturated carbocycles. The molecule has 0 saturated heterocycles. The van der Waals surface area contributed by atoms with Crippen molar-refractivity contribution in [2.24, 2.45) is 0 Å². The van der Waals surface area contributed by atoms with E-state index in [0.717, 1.165) is 5.56 Å². The van der Waals surface area contributed by atoms with Gasteiger partial charge in [-0.15, -0.1) is 11.6 Å². The highest BCUT2D eigenvalue weighted by molar-refractivity contribution is 6.43. The largest absolute Gasteiger partial charge is 0.456 e. The van der Waals surface area contributed by atoms with Crippen LogP contribution in [0.4, 0.5) is 0 Å². The van der Waals surface area contributed by atoms with E-state index in [4.69, 9.17) is 62.7 Å². The normalized spacial score (nSPS) is 10.6. The SMILES string of the molecule is ClCc1ccc(Oc2cc(Cl)c(Cl)cc2Cl)cc1Cl. The Morgan fingerprint density at radius 3 is 2.11 bits per heavy atom. The van der Waals surface area contributed by atoms with Gasteiger partial charge in [-0.3, -0.25) is 0 Å². The molecule has 0 bridgehead atoms. The van der Waals surface area contributed by atoms with Crippen molar-refractivity contribution in [1.82, 2.24) is 0 Å². The third-order valence-electron chi connectivity index (χ3n) is 2.37. The molecule has 0 fully saturated rings. The van der Waals surface area contributed by atoms with E-state index in [1.54, 1.807) is 24.3 Å². The van der Waals surface area contributed by atoms with Crippen molar-refractivity contribution in [2.45, 2.75) is 5.88 Å². The Hall–Kier alpha value is -0.310. The minimum Gasteiger partial charge on any atom is -0.456 e. The van der Waals surface area contributed by atoms with Gasteiger partial charge >= 0.3 is 0 Å². The van der Waals surface area contributed by atoms with Crippen molar-refractivity contribution in [3.8, 4) is 11.5 Å². The van der Waals surface area contributed by atoms with E-state index in [9.17, 15) is 0 Å². The summed E-state index contributed by atoms with van der Waals surface area (Å²) in [5.41, 5.74) is 0.830. The van der Waals surface area contributed by atoms with Crippen LogP contribution in [0.25, 0.3) is 0 Å². The highest BCUT2D eigenvalue weighted by Gasteiger charge is 2.09. The molecule has 6 heteroatoms. The molecule has 100 valence electrons. The molecule has 0 N–H and O–H groups in total. The molecule has 0 spiro atoms. The monoisotopic (exact) mass is 354 g/mol. The molecule has 0 aliphatic rings. The Morgan fingerprint density at radius 1 is 0.789 bits per heavy atom. The molecule has 0 heterocycles. The first kappa shape index (κ1) is 15.1. The topological polar surface area (TPSA) is 9.23 Å². The number of ether oxygens (including phenoxy) is 1. The van der Waals surface area contributed by atoms with Gasteiger partial charge in [0.2, 0.25) is 0 Å². The molecule has 19 heavy (non-hydrogen) atoms. The molecular formula is C13H7Cl5O. The fourth-order valence-electron chi connectivity index (χ4n) is 1.41. The standard InChI is InChI=1S/C13H7Cl5O/c14-6-7-1-2-8(3-9(7)15)19-13-5-11(17)10(16)4-12(13)18/h1-5H,6H2. The lowest BCUT2D eigenvalue weighted by atomic mass is 10.2. The Labute approximate surface area is 135 Å². The van der Waals surface area contributed by atoms with E-state index in [1.165, 1.54) is 6.07 Å². The summed E-state index contributed by atoms with van der Waals surface area (Å²) in [6.45, 7) is 0. The van der Waals surface area contributed by atoms with Crippen molar-refractivity contribution in [2.75, 3.05) is 0 Å². The predicted octanol–water partition coefficient (Wildman–Crippen LogP) is 6.83. The fraction of sp³-hybridized carbons (Fsp3) is 0.0769. The van der Waals surface area contributed by atoms with Gasteiger partial charge in [0, 0.05) is 17.0 Å². The van der Waals surface area contributed by atoms with Crippen molar-refractivity contribution in [3.63, 3.8) is 0 Å². The van der Waals surface area contributed by atoms with E-state index >= 15 is 0 Å². The molecule has 0 aliphatic heterocycles. The summed E-state index contributed by atoms with van der Waals surface area (Å²) in [7, 11) is 0. The fourth-order valence-corrected chi connectivity index (χ4v) is 2.52. The van der Waals surface area contributed by atoms with Crippen molar-refractivity contribution in [3.05, 3.63) is 56.0 Å². The van der Waals surface area contributed by atoms with Crippen LogP contribution in [0, 0.1) is 0 Å². The lowest BCUT2D eigenvalue weighted by Gasteiger charge is -2.10. The van der Waals surface area contributed by atoms with E-state index in [0.29, 0.717) is 37.5 Å². The van der Waals surface area contributed by atoms with Crippen LogP contribution in [0.15, 0.2) is 30.3 Å². The first-order valence-corrected chi connectivity index (χ1v) is 7.22. The Balaban J connectivity index is 2.31. The summed E-state index contributed by atoms with van der Waals surface area (Å²) in [5, 5.41) is 1.63. The van der Waals surface area contributed by atoms with Gasteiger partial charge in [0.05, 0.1) is 15.1 Å². The lowest BCUT2D eigenvalue weighted by Crippen LogP contribution is -1.88. The Morgan fingerprint density at radius 2 is 1.47 bits per heavy atom. The molecule has 0 unspecified atom stereocenters. The van der Waals surface area contributed by atoms with Crippen molar-refractivity contribution >= 4 is 58.0 Å². The number of rotatable bonds is 3. The van der Waals surface area contributed by atoms with E-state index in [-0.39, 0.29) is 0 Å². The minimum absolute atomic E-state index is 0.340. The number of hydrogen-bond acceptors (Lipinski definition) is 1. The van der Waals surface area contributed by atoms with E-state index in [2.05, 4.69) is 0 Å². The molecule has 2 rings (SSSR count). The zero-order valence-corrected chi connectivity index (χ0v) is 13.2. The van der Waals surface area contributed by atoms with Gasteiger partial charge < -0.3 is 4.74 Å². The van der Waals surface area contributed by atoms with Crippen LogP contribution >= 0.6 is 58.0 Å². The minimum atomic E-state index is 0.340. The first-order valence-electron chi connectivity index (χ1n) is 5.18. The van der Waals surface area contributed by atoms with Gasteiger partial charge in [-0.2, -0.15) is 0 Å². The number of hydrogen-bond donors (Lipinski definition) is 0. The molecule has 0 aromatic heterocycles. The summed E-state index contributed by atoms with van der Waals surface area (Å²) in [6, 6.07) is 8.28. The maximum atomic E-state index is 6.05. The number of halogens is 5. The quantitative estimate of drug-likeness (QED) is 0.432. The summed E-state index contributed by atoms with van der Waals surface area (Å²) in [5.74, 6) is 1.29.